The molecule has 1 aromatic rings. The summed E-state index contributed by atoms with van der Waals surface area (Å²) in [5.41, 5.74) is -0.437. The molecule has 4 heteroatoms. The summed E-state index contributed by atoms with van der Waals surface area (Å²) < 4.78 is 14.1. The van der Waals surface area contributed by atoms with E-state index in [1.807, 2.05) is 6.07 Å². The lowest BCUT2D eigenvalue weighted by atomic mass is 9.96. The van der Waals surface area contributed by atoms with Crippen LogP contribution in [-0.4, -0.2) is 5.11 Å². The summed E-state index contributed by atoms with van der Waals surface area (Å²) in [4.78, 5) is 0. The molecule has 2 nitrogen and oxygen atoms in total. The van der Waals surface area contributed by atoms with Crippen LogP contribution in [0.1, 0.15) is 25.0 Å². The summed E-state index contributed by atoms with van der Waals surface area (Å²) in [5, 5.41) is 18.2. The smallest absolute Gasteiger partial charge is 0.130 e. The predicted octanol–water partition coefficient (Wildman–Crippen LogP) is 2.88. The van der Waals surface area contributed by atoms with Crippen molar-refractivity contribution in [2.24, 2.45) is 0 Å². The van der Waals surface area contributed by atoms with Gasteiger partial charge in [0.25, 0.3) is 0 Å². The van der Waals surface area contributed by atoms with E-state index in [2.05, 4.69) is 15.9 Å². The molecule has 0 saturated heterocycles. The minimum atomic E-state index is -1.24. The highest BCUT2D eigenvalue weighted by Gasteiger charge is 2.24. The standard InChI is InChI=1S/C11H11BrFNO/c1-11(2,15)10-8(12)5-7(3-4-14)6-9(10)13/h5-6,15H,3H2,1-2H3. The number of hydrogen-bond acceptors (Lipinski definition) is 2. The number of nitrogens with zero attached hydrogens (tertiary/aromatic N) is 1. The third kappa shape index (κ3) is 2.77. The number of nitriles is 1. The first-order valence-electron chi connectivity index (χ1n) is 4.44. The Morgan fingerprint density at radius 2 is 2.13 bits per heavy atom. The topological polar surface area (TPSA) is 44.0 Å². The van der Waals surface area contributed by atoms with E-state index in [4.69, 9.17) is 5.26 Å². The van der Waals surface area contributed by atoms with E-state index in [9.17, 15) is 9.50 Å². The van der Waals surface area contributed by atoms with Crippen LogP contribution in [0.25, 0.3) is 0 Å². The number of aliphatic hydroxyl groups is 1. The third-order valence-electron chi connectivity index (χ3n) is 2.00. The Balaban J connectivity index is 3.29. The Hall–Kier alpha value is -0.920. The molecule has 0 aliphatic rings. The Labute approximate surface area is 96.5 Å². The number of hydrogen-bond donors (Lipinski definition) is 1. The van der Waals surface area contributed by atoms with Crippen molar-refractivity contribution in [3.63, 3.8) is 0 Å². The number of benzene rings is 1. The van der Waals surface area contributed by atoms with Crippen LogP contribution >= 0.6 is 15.9 Å². The molecular weight excluding hydrogens is 261 g/mol. The van der Waals surface area contributed by atoms with Crippen LogP contribution in [0.5, 0.6) is 0 Å². The molecule has 0 atom stereocenters. The lowest BCUT2D eigenvalue weighted by Gasteiger charge is -2.20. The van der Waals surface area contributed by atoms with E-state index >= 15 is 0 Å². The highest BCUT2D eigenvalue weighted by atomic mass is 79.9. The van der Waals surface area contributed by atoms with E-state index in [1.54, 1.807) is 6.07 Å². The molecule has 80 valence electrons. The second kappa shape index (κ2) is 4.30. The van der Waals surface area contributed by atoms with Gasteiger partial charge in [-0.25, -0.2) is 4.39 Å². The molecule has 0 spiro atoms. The minimum Gasteiger partial charge on any atom is -0.386 e. The van der Waals surface area contributed by atoms with Gasteiger partial charge < -0.3 is 5.11 Å². The van der Waals surface area contributed by atoms with Gasteiger partial charge in [-0.2, -0.15) is 5.26 Å². The van der Waals surface area contributed by atoms with Crippen LogP contribution in [-0.2, 0) is 12.0 Å². The maximum Gasteiger partial charge on any atom is 0.130 e. The van der Waals surface area contributed by atoms with Gasteiger partial charge in [0.15, 0.2) is 0 Å². The summed E-state index contributed by atoms with van der Waals surface area (Å²) >= 11 is 3.19. The zero-order valence-corrected chi connectivity index (χ0v) is 10.1. The zero-order valence-electron chi connectivity index (χ0n) is 8.51. The van der Waals surface area contributed by atoms with Gasteiger partial charge in [0.2, 0.25) is 0 Å². The zero-order chi connectivity index (χ0) is 11.6. The lowest BCUT2D eigenvalue weighted by molar-refractivity contribution is 0.0737. The number of halogens is 2. The Morgan fingerprint density at radius 3 is 2.53 bits per heavy atom. The van der Waals surface area contributed by atoms with E-state index in [0.717, 1.165) is 0 Å². The molecule has 1 N–H and O–H groups in total. The summed E-state index contributed by atoms with van der Waals surface area (Å²) in [6.07, 6.45) is 0.154. The molecule has 0 amide bonds. The van der Waals surface area contributed by atoms with Gasteiger partial charge in [-0.3, -0.25) is 0 Å². The van der Waals surface area contributed by atoms with Crippen LogP contribution in [0.15, 0.2) is 16.6 Å². The quantitative estimate of drug-likeness (QED) is 0.899. The third-order valence-corrected chi connectivity index (χ3v) is 2.62. The summed E-state index contributed by atoms with van der Waals surface area (Å²) in [5.74, 6) is -0.498. The van der Waals surface area contributed by atoms with Gasteiger partial charge in [0.05, 0.1) is 18.1 Å². The molecule has 0 unspecified atom stereocenters. The van der Waals surface area contributed by atoms with Crippen molar-refractivity contribution in [2.75, 3.05) is 0 Å². The SMILES string of the molecule is CC(C)(O)c1c(F)cc(CC#N)cc1Br. The predicted molar refractivity (Wildman–Crippen MR) is 58.7 cm³/mol. The molecule has 1 aromatic carbocycles. The van der Waals surface area contributed by atoms with Gasteiger partial charge in [0.1, 0.15) is 5.82 Å². The van der Waals surface area contributed by atoms with E-state index < -0.39 is 11.4 Å². The van der Waals surface area contributed by atoms with Crippen molar-refractivity contribution < 1.29 is 9.50 Å². The summed E-state index contributed by atoms with van der Waals surface area (Å²) in [6.45, 7) is 3.03. The molecule has 0 saturated carbocycles. The second-order valence-corrected chi connectivity index (χ2v) is 4.68. The first-order valence-corrected chi connectivity index (χ1v) is 5.23. The molecule has 0 heterocycles. The molecule has 0 bridgehead atoms. The fraction of sp³-hybridized carbons (Fsp3) is 0.364. The van der Waals surface area contributed by atoms with Crippen LogP contribution in [0.4, 0.5) is 4.39 Å². The first-order chi connectivity index (χ1) is 6.86. The van der Waals surface area contributed by atoms with Crippen molar-refractivity contribution in [1.82, 2.24) is 0 Å². The van der Waals surface area contributed by atoms with Crippen molar-refractivity contribution in [1.29, 1.82) is 5.26 Å². The van der Waals surface area contributed by atoms with Crippen molar-refractivity contribution in [3.05, 3.63) is 33.5 Å². The molecule has 15 heavy (non-hydrogen) atoms. The molecule has 1 rings (SSSR count). The maximum atomic E-state index is 13.6. The summed E-state index contributed by atoms with van der Waals surface area (Å²) in [6, 6.07) is 4.88. The van der Waals surface area contributed by atoms with Gasteiger partial charge >= 0.3 is 0 Å². The maximum absolute atomic E-state index is 13.6. The molecule has 0 aliphatic heterocycles. The van der Waals surface area contributed by atoms with Crippen LogP contribution in [0, 0.1) is 17.1 Å². The second-order valence-electron chi connectivity index (χ2n) is 3.83. The average molecular weight is 272 g/mol. The van der Waals surface area contributed by atoms with Crippen molar-refractivity contribution >= 4 is 15.9 Å². The van der Waals surface area contributed by atoms with Gasteiger partial charge in [-0.1, -0.05) is 15.9 Å². The molecular formula is C11H11BrFNO. The summed E-state index contributed by atoms with van der Waals surface area (Å²) in [7, 11) is 0. The van der Waals surface area contributed by atoms with Crippen molar-refractivity contribution in [3.8, 4) is 6.07 Å². The van der Waals surface area contributed by atoms with E-state index in [-0.39, 0.29) is 12.0 Å². The fourth-order valence-corrected chi connectivity index (χ4v) is 2.37. The minimum absolute atomic E-state index is 0.154. The van der Waals surface area contributed by atoms with Crippen LogP contribution < -0.4 is 0 Å². The number of rotatable bonds is 2. The normalized spacial score (nSPS) is 11.2. The van der Waals surface area contributed by atoms with Gasteiger partial charge in [-0.15, -0.1) is 0 Å². The van der Waals surface area contributed by atoms with Crippen LogP contribution in [0.2, 0.25) is 0 Å². The molecule has 0 radical (unpaired) electrons. The molecule has 0 fully saturated rings. The van der Waals surface area contributed by atoms with E-state index in [0.29, 0.717) is 10.0 Å². The Bertz CT molecular complexity index is 395. The van der Waals surface area contributed by atoms with Gasteiger partial charge in [-0.05, 0) is 31.5 Å². The van der Waals surface area contributed by atoms with Crippen LogP contribution in [0.3, 0.4) is 0 Å². The Morgan fingerprint density at radius 1 is 1.53 bits per heavy atom. The van der Waals surface area contributed by atoms with Gasteiger partial charge in [0, 0.05) is 10.0 Å². The average Bonchev–Trinajstić information content (AvgIpc) is 1.99. The lowest BCUT2D eigenvalue weighted by Crippen LogP contribution is -2.18. The largest absolute Gasteiger partial charge is 0.386 e. The fourth-order valence-electron chi connectivity index (χ4n) is 1.40. The monoisotopic (exact) mass is 271 g/mol. The molecule has 0 aromatic heterocycles. The first kappa shape index (κ1) is 12.2. The highest BCUT2D eigenvalue weighted by Crippen LogP contribution is 2.31. The van der Waals surface area contributed by atoms with Crippen molar-refractivity contribution in [2.45, 2.75) is 25.9 Å². The Kier molecular flexibility index (Phi) is 3.48. The highest BCUT2D eigenvalue weighted by molar-refractivity contribution is 9.10. The van der Waals surface area contributed by atoms with E-state index in [1.165, 1.54) is 19.9 Å². The molecule has 0 aliphatic carbocycles.